The van der Waals surface area contributed by atoms with E-state index in [1.54, 1.807) is 24.3 Å². The Hall–Kier alpha value is -3.21. The molecule has 0 radical (unpaired) electrons. The SMILES string of the molecule is CC(=O)Nc1sc(-c2ccccc2)c(-c2ccc(C)cc2)c1C(=O)c1cccc(Cl)c1. The summed E-state index contributed by atoms with van der Waals surface area (Å²) in [5.74, 6) is -0.406. The molecule has 0 aliphatic heterocycles. The number of carbonyl (C=O) groups is 2. The normalized spacial score (nSPS) is 10.7. The number of aryl methyl sites for hydroxylation is 1. The molecule has 1 N–H and O–H groups in total. The maximum absolute atomic E-state index is 13.7. The Balaban J connectivity index is 2.02. The van der Waals surface area contributed by atoms with Crippen LogP contribution in [0, 0.1) is 6.92 Å². The third-order valence-corrected chi connectivity index (χ3v) is 6.28. The minimum Gasteiger partial charge on any atom is -0.317 e. The molecule has 0 fully saturated rings. The zero-order chi connectivity index (χ0) is 22.0. The third-order valence-electron chi connectivity index (χ3n) is 4.89. The lowest BCUT2D eigenvalue weighted by molar-refractivity contribution is -0.114. The first-order valence-corrected chi connectivity index (χ1v) is 11.0. The maximum Gasteiger partial charge on any atom is 0.221 e. The molecular weight excluding hydrogens is 426 g/mol. The Bertz CT molecular complexity index is 1260. The van der Waals surface area contributed by atoms with Crippen molar-refractivity contribution in [3.05, 3.63) is 101 Å². The van der Waals surface area contributed by atoms with E-state index in [1.807, 2.05) is 61.5 Å². The van der Waals surface area contributed by atoms with Gasteiger partial charge in [-0.25, -0.2) is 0 Å². The van der Waals surface area contributed by atoms with Gasteiger partial charge in [-0.15, -0.1) is 11.3 Å². The Morgan fingerprint density at radius 1 is 0.871 bits per heavy atom. The molecule has 0 spiro atoms. The van der Waals surface area contributed by atoms with Gasteiger partial charge in [0.25, 0.3) is 0 Å². The fourth-order valence-corrected chi connectivity index (χ4v) is 4.92. The standard InChI is InChI=1S/C26H20ClNO2S/c1-16-11-13-18(14-12-16)22-23(24(30)20-9-6-10-21(27)15-20)26(28-17(2)29)31-25(22)19-7-4-3-5-8-19/h3-15H,1-2H3,(H,28,29). The van der Waals surface area contributed by atoms with Crippen LogP contribution in [0.5, 0.6) is 0 Å². The number of halogens is 1. The molecule has 0 bridgehead atoms. The van der Waals surface area contributed by atoms with Crippen LogP contribution in [-0.2, 0) is 4.79 Å². The largest absolute Gasteiger partial charge is 0.317 e. The molecular formula is C26H20ClNO2S. The molecule has 5 heteroatoms. The highest BCUT2D eigenvalue weighted by molar-refractivity contribution is 7.20. The van der Waals surface area contributed by atoms with E-state index in [0.29, 0.717) is 21.2 Å². The smallest absolute Gasteiger partial charge is 0.221 e. The van der Waals surface area contributed by atoms with Crippen LogP contribution < -0.4 is 5.32 Å². The monoisotopic (exact) mass is 445 g/mol. The molecule has 0 unspecified atom stereocenters. The first-order chi connectivity index (χ1) is 14.9. The maximum atomic E-state index is 13.7. The number of benzene rings is 3. The second-order valence-electron chi connectivity index (χ2n) is 7.26. The van der Waals surface area contributed by atoms with Crippen LogP contribution in [0.3, 0.4) is 0 Å². The van der Waals surface area contributed by atoms with E-state index >= 15 is 0 Å². The summed E-state index contributed by atoms with van der Waals surface area (Å²) in [5.41, 5.74) is 4.80. The second-order valence-corrected chi connectivity index (χ2v) is 8.72. The Morgan fingerprint density at radius 3 is 2.23 bits per heavy atom. The number of anilines is 1. The molecule has 1 aromatic heterocycles. The number of rotatable bonds is 5. The lowest BCUT2D eigenvalue weighted by Gasteiger charge is -2.10. The van der Waals surface area contributed by atoms with Gasteiger partial charge in [-0.3, -0.25) is 9.59 Å². The zero-order valence-corrected chi connectivity index (χ0v) is 18.7. The van der Waals surface area contributed by atoms with Gasteiger partial charge in [0.05, 0.1) is 5.56 Å². The van der Waals surface area contributed by atoms with Gasteiger partial charge < -0.3 is 5.32 Å². The second kappa shape index (κ2) is 8.88. The van der Waals surface area contributed by atoms with Gasteiger partial charge >= 0.3 is 0 Å². The summed E-state index contributed by atoms with van der Waals surface area (Å²) in [5, 5.41) is 3.90. The van der Waals surface area contributed by atoms with Crippen molar-refractivity contribution >= 4 is 39.6 Å². The van der Waals surface area contributed by atoms with E-state index in [1.165, 1.54) is 18.3 Å². The molecule has 1 amide bonds. The summed E-state index contributed by atoms with van der Waals surface area (Å²) in [6.45, 7) is 3.47. The van der Waals surface area contributed by atoms with Gasteiger partial charge in [-0.2, -0.15) is 0 Å². The van der Waals surface area contributed by atoms with Gasteiger partial charge in [0, 0.05) is 28.0 Å². The molecule has 0 atom stereocenters. The zero-order valence-electron chi connectivity index (χ0n) is 17.1. The van der Waals surface area contributed by atoms with Gasteiger partial charge in [-0.1, -0.05) is 83.9 Å². The van der Waals surface area contributed by atoms with Crippen molar-refractivity contribution in [2.75, 3.05) is 5.32 Å². The highest BCUT2D eigenvalue weighted by Gasteiger charge is 2.27. The van der Waals surface area contributed by atoms with Crippen LogP contribution >= 0.6 is 22.9 Å². The van der Waals surface area contributed by atoms with Crippen LogP contribution in [0.15, 0.2) is 78.9 Å². The van der Waals surface area contributed by atoms with E-state index in [2.05, 4.69) is 5.32 Å². The topological polar surface area (TPSA) is 46.2 Å². The number of ketones is 1. The first-order valence-electron chi connectivity index (χ1n) is 9.81. The van der Waals surface area contributed by atoms with Gasteiger partial charge in [0.1, 0.15) is 5.00 Å². The van der Waals surface area contributed by atoms with Crippen molar-refractivity contribution in [1.29, 1.82) is 0 Å². The van der Waals surface area contributed by atoms with E-state index in [-0.39, 0.29) is 11.7 Å². The minimum absolute atomic E-state index is 0.180. The van der Waals surface area contributed by atoms with Gasteiger partial charge in [0.2, 0.25) is 5.91 Å². The van der Waals surface area contributed by atoms with Crippen LogP contribution in [0.25, 0.3) is 21.6 Å². The number of amides is 1. The Labute approximate surface area is 190 Å². The molecule has 4 aromatic rings. The number of carbonyl (C=O) groups excluding carboxylic acids is 2. The number of hydrogen-bond donors (Lipinski definition) is 1. The summed E-state index contributed by atoms with van der Waals surface area (Å²) in [4.78, 5) is 26.6. The van der Waals surface area contributed by atoms with E-state index in [0.717, 1.165) is 27.1 Å². The number of hydrogen-bond acceptors (Lipinski definition) is 3. The summed E-state index contributed by atoms with van der Waals surface area (Å²) in [6, 6.07) is 24.8. The van der Waals surface area contributed by atoms with E-state index < -0.39 is 0 Å². The minimum atomic E-state index is -0.225. The van der Waals surface area contributed by atoms with Gasteiger partial charge in [0.15, 0.2) is 5.78 Å². The van der Waals surface area contributed by atoms with Crippen molar-refractivity contribution < 1.29 is 9.59 Å². The average molecular weight is 446 g/mol. The van der Waals surface area contributed by atoms with Gasteiger partial charge in [-0.05, 0) is 30.2 Å². The quantitative estimate of drug-likeness (QED) is 0.329. The molecule has 4 rings (SSSR count). The highest BCUT2D eigenvalue weighted by Crippen LogP contribution is 2.47. The molecule has 0 aliphatic rings. The lowest BCUT2D eigenvalue weighted by Crippen LogP contribution is -2.10. The molecule has 3 aromatic carbocycles. The van der Waals surface area contributed by atoms with E-state index in [9.17, 15) is 9.59 Å². The van der Waals surface area contributed by atoms with Crippen LogP contribution in [0.4, 0.5) is 5.00 Å². The third kappa shape index (κ3) is 4.46. The van der Waals surface area contributed by atoms with Crippen molar-refractivity contribution in [3.63, 3.8) is 0 Å². The highest BCUT2D eigenvalue weighted by atomic mass is 35.5. The predicted molar refractivity (Wildman–Crippen MR) is 129 cm³/mol. The summed E-state index contributed by atoms with van der Waals surface area (Å²) < 4.78 is 0. The van der Waals surface area contributed by atoms with Crippen molar-refractivity contribution in [2.24, 2.45) is 0 Å². The molecule has 31 heavy (non-hydrogen) atoms. The molecule has 154 valence electrons. The lowest BCUT2D eigenvalue weighted by atomic mass is 9.93. The predicted octanol–water partition coefficient (Wildman–Crippen LogP) is 7.23. The molecule has 0 saturated heterocycles. The van der Waals surface area contributed by atoms with Crippen LogP contribution in [0.2, 0.25) is 5.02 Å². The fourth-order valence-electron chi connectivity index (χ4n) is 3.46. The van der Waals surface area contributed by atoms with Crippen molar-refractivity contribution in [2.45, 2.75) is 13.8 Å². The Kier molecular flexibility index (Phi) is 6.03. The number of nitrogens with one attached hydrogen (secondary N) is 1. The molecule has 3 nitrogen and oxygen atoms in total. The molecule has 1 heterocycles. The number of thiophene rings is 1. The van der Waals surface area contributed by atoms with Crippen LogP contribution in [-0.4, -0.2) is 11.7 Å². The fraction of sp³-hybridized carbons (Fsp3) is 0.0769. The summed E-state index contributed by atoms with van der Waals surface area (Å²) >= 11 is 7.56. The molecule has 0 saturated carbocycles. The van der Waals surface area contributed by atoms with Crippen molar-refractivity contribution in [1.82, 2.24) is 0 Å². The average Bonchev–Trinajstić information content (AvgIpc) is 3.12. The van der Waals surface area contributed by atoms with Crippen molar-refractivity contribution in [3.8, 4) is 21.6 Å². The summed E-state index contributed by atoms with van der Waals surface area (Å²) in [7, 11) is 0. The van der Waals surface area contributed by atoms with E-state index in [4.69, 9.17) is 11.6 Å². The van der Waals surface area contributed by atoms with Crippen LogP contribution in [0.1, 0.15) is 28.4 Å². The Morgan fingerprint density at radius 2 is 1.58 bits per heavy atom. The summed E-state index contributed by atoms with van der Waals surface area (Å²) in [6.07, 6.45) is 0. The molecule has 0 aliphatic carbocycles. The first kappa shape index (κ1) is 21.0.